The third-order valence-corrected chi connectivity index (χ3v) is 5.73. The van der Waals surface area contributed by atoms with Crippen molar-refractivity contribution in [3.8, 4) is 5.75 Å². The van der Waals surface area contributed by atoms with Crippen LogP contribution in [0.2, 0.25) is 0 Å². The number of hydrogen-bond acceptors (Lipinski definition) is 5. The van der Waals surface area contributed by atoms with Gasteiger partial charge in [0.05, 0.1) is 7.11 Å². The number of nitrogens with one attached hydrogen (secondary N) is 2. The van der Waals surface area contributed by atoms with Gasteiger partial charge in [-0.05, 0) is 53.6 Å². The van der Waals surface area contributed by atoms with Crippen LogP contribution in [0.3, 0.4) is 0 Å². The minimum Gasteiger partial charge on any atom is -0.480 e. The van der Waals surface area contributed by atoms with Crippen molar-refractivity contribution in [1.29, 1.82) is 0 Å². The third-order valence-electron chi connectivity index (χ3n) is 5.73. The third kappa shape index (κ3) is 6.46. The average Bonchev–Trinajstić information content (AvgIpc) is 2.93. The molecular weight excluding hydrogens is 466 g/mol. The number of ether oxygens (including phenoxy) is 2. The summed E-state index contributed by atoms with van der Waals surface area (Å²) in [4.78, 5) is 27.2. The molecule has 4 aromatic rings. The molecule has 0 aliphatic carbocycles. The molecule has 0 saturated carbocycles. The van der Waals surface area contributed by atoms with Crippen molar-refractivity contribution < 1.29 is 19.1 Å². The van der Waals surface area contributed by atoms with Crippen molar-refractivity contribution in [3.05, 3.63) is 120 Å². The first-order chi connectivity index (χ1) is 17.9. The standard InChI is InChI=1S/C30H29N3O4/c1-33(2)25-17-14-23(15-18-25)31-30(35)32-24-16-19-27(26(20-24)29(34)36-3)37-28(21-10-6-4-7-11-21)22-12-8-5-9-13-22/h4-20,28H,1-3H3,(H2,31,32,35). The second-order valence-electron chi connectivity index (χ2n) is 8.54. The Balaban J connectivity index is 1.56. The predicted molar refractivity (Wildman–Crippen MR) is 147 cm³/mol. The zero-order valence-corrected chi connectivity index (χ0v) is 21.0. The van der Waals surface area contributed by atoms with Gasteiger partial charge in [-0.1, -0.05) is 60.7 Å². The zero-order chi connectivity index (χ0) is 26.2. The highest BCUT2D eigenvalue weighted by molar-refractivity contribution is 6.01. The molecule has 0 fully saturated rings. The zero-order valence-electron chi connectivity index (χ0n) is 21.0. The van der Waals surface area contributed by atoms with Crippen LogP contribution in [-0.2, 0) is 4.74 Å². The molecule has 0 aliphatic heterocycles. The lowest BCUT2D eigenvalue weighted by molar-refractivity contribution is 0.0594. The van der Waals surface area contributed by atoms with Gasteiger partial charge in [0.25, 0.3) is 0 Å². The molecule has 0 aliphatic rings. The summed E-state index contributed by atoms with van der Waals surface area (Å²) in [6, 6.07) is 31.4. The van der Waals surface area contributed by atoms with Crippen molar-refractivity contribution >= 4 is 29.1 Å². The molecule has 2 N–H and O–H groups in total. The normalized spacial score (nSPS) is 10.5. The first kappa shape index (κ1) is 25.3. The molecule has 0 aromatic heterocycles. The second kappa shape index (κ2) is 11.8. The highest BCUT2D eigenvalue weighted by Gasteiger charge is 2.21. The first-order valence-electron chi connectivity index (χ1n) is 11.8. The number of esters is 1. The first-order valence-corrected chi connectivity index (χ1v) is 11.8. The number of benzene rings is 4. The van der Waals surface area contributed by atoms with Gasteiger partial charge in [0.2, 0.25) is 0 Å². The second-order valence-corrected chi connectivity index (χ2v) is 8.54. The molecule has 7 heteroatoms. The number of amides is 2. The Morgan fingerprint density at radius 3 is 1.81 bits per heavy atom. The van der Waals surface area contributed by atoms with Crippen LogP contribution in [-0.4, -0.2) is 33.2 Å². The van der Waals surface area contributed by atoms with Crippen LogP contribution >= 0.6 is 0 Å². The van der Waals surface area contributed by atoms with E-state index < -0.39 is 18.1 Å². The molecule has 4 rings (SSSR count). The van der Waals surface area contributed by atoms with Gasteiger partial charge in [-0.2, -0.15) is 0 Å². The van der Waals surface area contributed by atoms with Crippen LogP contribution in [0.15, 0.2) is 103 Å². The van der Waals surface area contributed by atoms with E-state index in [1.165, 1.54) is 7.11 Å². The van der Waals surface area contributed by atoms with Crippen LogP contribution < -0.4 is 20.3 Å². The van der Waals surface area contributed by atoms with Gasteiger partial charge in [-0.15, -0.1) is 0 Å². The van der Waals surface area contributed by atoms with Gasteiger partial charge in [0.15, 0.2) is 0 Å². The number of carbonyl (C=O) groups excluding carboxylic acids is 2. The molecule has 37 heavy (non-hydrogen) atoms. The number of methoxy groups -OCH3 is 1. The van der Waals surface area contributed by atoms with Gasteiger partial charge in [-0.25, -0.2) is 9.59 Å². The van der Waals surface area contributed by atoms with Gasteiger partial charge in [-0.3, -0.25) is 0 Å². The average molecular weight is 496 g/mol. The summed E-state index contributed by atoms with van der Waals surface area (Å²) in [6.45, 7) is 0. The quantitative estimate of drug-likeness (QED) is 0.278. The fourth-order valence-electron chi connectivity index (χ4n) is 3.83. The van der Waals surface area contributed by atoms with E-state index in [1.54, 1.807) is 18.2 Å². The Morgan fingerprint density at radius 2 is 1.27 bits per heavy atom. The maximum Gasteiger partial charge on any atom is 0.341 e. The van der Waals surface area contributed by atoms with E-state index in [-0.39, 0.29) is 5.56 Å². The van der Waals surface area contributed by atoms with E-state index in [1.807, 2.05) is 104 Å². The molecule has 0 bridgehead atoms. The molecule has 7 nitrogen and oxygen atoms in total. The lowest BCUT2D eigenvalue weighted by Crippen LogP contribution is -2.20. The van der Waals surface area contributed by atoms with Crippen molar-refractivity contribution in [1.82, 2.24) is 0 Å². The van der Waals surface area contributed by atoms with E-state index in [0.717, 1.165) is 16.8 Å². The molecule has 188 valence electrons. The maximum absolute atomic E-state index is 12.7. The van der Waals surface area contributed by atoms with Gasteiger partial charge < -0.3 is 25.0 Å². The highest BCUT2D eigenvalue weighted by atomic mass is 16.5. The predicted octanol–water partition coefficient (Wildman–Crippen LogP) is 6.35. The van der Waals surface area contributed by atoms with E-state index in [2.05, 4.69) is 10.6 Å². The summed E-state index contributed by atoms with van der Waals surface area (Å²) in [5.41, 5.74) is 4.16. The molecule has 0 heterocycles. The van der Waals surface area contributed by atoms with Crippen LogP contribution in [0.1, 0.15) is 27.6 Å². The SMILES string of the molecule is COC(=O)c1cc(NC(=O)Nc2ccc(N(C)C)cc2)ccc1OC(c1ccccc1)c1ccccc1. The monoisotopic (exact) mass is 495 g/mol. The number of carbonyl (C=O) groups is 2. The van der Waals surface area contributed by atoms with E-state index in [4.69, 9.17) is 9.47 Å². The maximum atomic E-state index is 12.7. The Labute approximate surface area is 216 Å². The Hall–Kier alpha value is -4.78. The van der Waals surface area contributed by atoms with Gasteiger partial charge in [0, 0.05) is 31.2 Å². The van der Waals surface area contributed by atoms with E-state index in [9.17, 15) is 9.59 Å². The van der Waals surface area contributed by atoms with E-state index >= 15 is 0 Å². The Bertz CT molecular complexity index is 1300. The van der Waals surface area contributed by atoms with Crippen molar-refractivity contribution in [2.75, 3.05) is 36.7 Å². The number of nitrogens with zero attached hydrogens (tertiary/aromatic N) is 1. The molecule has 0 spiro atoms. The van der Waals surface area contributed by atoms with Crippen molar-refractivity contribution in [2.45, 2.75) is 6.10 Å². The summed E-state index contributed by atoms with van der Waals surface area (Å²) < 4.78 is 11.4. The van der Waals surface area contributed by atoms with Crippen LogP contribution in [0.4, 0.5) is 21.9 Å². The minimum atomic E-state index is -0.571. The smallest absolute Gasteiger partial charge is 0.341 e. The molecule has 0 radical (unpaired) electrons. The van der Waals surface area contributed by atoms with Crippen LogP contribution in [0.5, 0.6) is 5.75 Å². The molecule has 0 saturated heterocycles. The van der Waals surface area contributed by atoms with Crippen molar-refractivity contribution in [3.63, 3.8) is 0 Å². The lowest BCUT2D eigenvalue weighted by atomic mass is 10.0. The topological polar surface area (TPSA) is 79.9 Å². The number of rotatable bonds is 8. The molecular formula is C30H29N3O4. The molecule has 4 aromatic carbocycles. The Kier molecular flexibility index (Phi) is 8.05. The van der Waals surface area contributed by atoms with Gasteiger partial charge in [0.1, 0.15) is 17.4 Å². The fraction of sp³-hybridized carbons (Fsp3) is 0.133. The summed E-state index contributed by atoms with van der Waals surface area (Å²) in [7, 11) is 5.20. The molecule has 0 unspecified atom stereocenters. The van der Waals surface area contributed by atoms with Crippen molar-refractivity contribution in [2.24, 2.45) is 0 Å². The summed E-state index contributed by atoms with van der Waals surface area (Å²) in [5, 5.41) is 5.56. The number of anilines is 3. The van der Waals surface area contributed by atoms with E-state index in [0.29, 0.717) is 17.1 Å². The number of hydrogen-bond donors (Lipinski definition) is 2. The molecule has 0 atom stereocenters. The lowest BCUT2D eigenvalue weighted by Gasteiger charge is -2.22. The summed E-state index contributed by atoms with van der Waals surface area (Å²) >= 11 is 0. The largest absolute Gasteiger partial charge is 0.480 e. The highest BCUT2D eigenvalue weighted by Crippen LogP contribution is 2.32. The fourth-order valence-corrected chi connectivity index (χ4v) is 3.83. The number of urea groups is 1. The Morgan fingerprint density at radius 1 is 0.730 bits per heavy atom. The van der Waals surface area contributed by atoms with Gasteiger partial charge >= 0.3 is 12.0 Å². The summed E-state index contributed by atoms with van der Waals surface area (Å²) in [6.07, 6.45) is -0.446. The van der Waals surface area contributed by atoms with Crippen LogP contribution in [0.25, 0.3) is 0 Å². The summed E-state index contributed by atoms with van der Waals surface area (Å²) in [5.74, 6) is -0.229. The minimum absolute atomic E-state index is 0.201. The van der Waals surface area contributed by atoms with Crippen LogP contribution in [0, 0.1) is 0 Å². The molecule has 2 amide bonds.